The standard InChI is InChI=1S/C20H25ClN2O3/c1-13(2)18(22-14(3)24)19(26)23(4)20(12-8-7-11-17(20)25)15-9-5-6-10-16(15)21/h5-6,9-10,18H,1,7-8,11-12H2,2-4H3,(H,22,24)/t18-,20+/m0/s1. The molecule has 1 aliphatic rings. The lowest BCUT2D eigenvalue weighted by molar-refractivity contribution is -0.149. The topological polar surface area (TPSA) is 66.5 Å². The van der Waals surface area contributed by atoms with E-state index in [1.54, 1.807) is 32.2 Å². The molecule has 2 atom stereocenters. The number of nitrogens with one attached hydrogen (secondary N) is 1. The number of carbonyl (C=O) groups excluding carboxylic acids is 3. The van der Waals surface area contributed by atoms with Crippen LogP contribution >= 0.6 is 11.6 Å². The van der Waals surface area contributed by atoms with Gasteiger partial charge in [-0.3, -0.25) is 14.4 Å². The molecule has 2 amide bonds. The first-order valence-corrected chi connectivity index (χ1v) is 9.08. The third-order valence-electron chi connectivity index (χ3n) is 4.96. The van der Waals surface area contributed by atoms with Gasteiger partial charge in [0.15, 0.2) is 5.78 Å². The van der Waals surface area contributed by atoms with Crippen LogP contribution in [0.4, 0.5) is 0 Å². The summed E-state index contributed by atoms with van der Waals surface area (Å²) in [5, 5.41) is 3.08. The average Bonchev–Trinajstić information content (AvgIpc) is 2.59. The van der Waals surface area contributed by atoms with Gasteiger partial charge in [0, 0.05) is 31.0 Å². The van der Waals surface area contributed by atoms with Crippen molar-refractivity contribution >= 4 is 29.2 Å². The summed E-state index contributed by atoms with van der Waals surface area (Å²) >= 11 is 6.41. The van der Waals surface area contributed by atoms with Crippen molar-refractivity contribution in [2.75, 3.05) is 7.05 Å². The molecule has 0 radical (unpaired) electrons. The van der Waals surface area contributed by atoms with Crippen molar-refractivity contribution in [2.45, 2.75) is 51.1 Å². The number of rotatable bonds is 5. The SMILES string of the molecule is C=C(C)[C@H](NC(C)=O)C(=O)N(C)[C@@]1(c2ccccc2Cl)CCCCC1=O. The van der Waals surface area contributed by atoms with Crippen LogP contribution in [0.1, 0.15) is 45.1 Å². The van der Waals surface area contributed by atoms with Gasteiger partial charge in [-0.25, -0.2) is 0 Å². The van der Waals surface area contributed by atoms with E-state index in [-0.39, 0.29) is 17.6 Å². The molecule has 0 heterocycles. The molecule has 140 valence electrons. The molecule has 6 heteroatoms. The summed E-state index contributed by atoms with van der Waals surface area (Å²) in [5.41, 5.74) is 0.0139. The molecule has 1 aromatic carbocycles. The lowest BCUT2D eigenvalue weighted by Gasteiger charge is -2.45. The Morgan fingerprint density at radius 3 is 2.46 bits per heavy atom. The first-order chi connectivity index (χ1) is 12.2. The summed E-state index contributed by atoms with van der Waals surface area (Å²) in [7, 11) is 1.60. The summed E-state index contributed by atoms with van der Waals surface area (Å²) in [6.07, 6.45) is 2.50. The molecule has 26 heavy (non-hydrogen) atoms. The number of ketones is 1. The second kappa shape index (κ2) is 8.04. The highest BCUT2D eigenvalue weighted by molar-refractivity contribution is 6.31. The van der Waals surface area contributed by atoms with E-state index in [0.717, 1.165) is 12.8 Å². The molecular formula is C20H25ClN2O3. The fraction of sp³-hybridized carbons (Fsp3) is 0.450. The Morgan fingerprint density at radius 2 is 1.92 bits per heavy atom. The number of benzene rings is 1. The molecule has 0 unspecified atom stereocenters. The van der Waals surface area contributed by atoms with Gasteiger partial charge in [-0.2, -0.15) is 0 Å². The number of amides is 2. The molecule has 0 spiro atoms. The summed E-state index contributed by atoms with van der Waals surface area (Å²) in [6.45, 7) is 6.84. The van der Waals surface area contributed by atoms with Gasteiger partial charge in [-0.05, 0) is 37.8 Å². The first kappa shape index (κ1) is 20.2. The Balaban J connectivity index is 2.54. The molecule has 5 nitrogen and oxygen atoms in total. The van der Waals surface area contributed by atoms with Crippen molar-refractivity contribution in [3.05, 3.63) is 47.0 Å². The predicted molar refractivity (Wildman–Crippen MR) is 102 cm³/mol. The van der Waals surface area contributed by atoms with Crippen LogP contribution in [0, 0.1) is 0 Å². The van der Waals surface area contributed by atoms with E-state index in [9.17, 15) is 14.4 Å². The molecule has 1 N–H and O–H groups in total. The highest BCUT2D eigenvalue weighted by atomic mass is 35.5. The highest BCUT2D eigenvalue weighted by Gasteiger charge is 2.49. The molecule has 0 saturated heterocycles. The number of carbonyl (C=O) groups is 3. The normalized spacial score (nSPS) is 21.0. The lowest BCUT2D eigenvalue weighted by Crippen LogP contribution is -2.59. The van der Waals surface area contributed by atoms with Gasteiger partial charge < -0.3 is 10.2 Å². The molecule has 0 aromatic heterocycles. The molecule has 1 saturated carbocycles. The molecule has 0 bridgehead atoms. The van der Waals surface area contributed by atoms with E-state index < -0.39 is 11.6 Å². The van der Waals surface area contributed by atoms with Crippen molar-refractivity contribution in [3.8, 4) is 0 Å². The quantitative estimate of drug-likeness (QED) is 0.802. The summed E-state index contributed by atoms with van der Waals surface area (Å²) < 4.78 is 0. The average molecular weight is 377 g/mol. The highest BCUT2D eigenvalue weighted by Crippen LogP contribution is 2.42. The molecule has 2 rings (SSSR count). The monoisotopic (exact) mass is 376 g/mol. The van der Waals surface area contributed by atoms with Gasteiger partial charge in [0.25, 0.3) is 0 Å². The smallest absolute Gasteiger partial charge is 0.250 e. The minimum Gasteiger partial charge on any atom is -0.341 e. The molecule has 1 fully saturated rings. The van der Waals surface area contributed by atoms with Crippen LogP contribution in [-0.4, -0.2) is 35.6 Å². The zero-order chi connectivity index (χ0) is 19.5. The maximum Gasteiger partial charge on any atom is 0.250 e. The van der Waals surface area contributed by atoms with Crippen LogP contribution in [0.15, 0.2) is 36.4 Å². The predicted octanol–water partition coefficient (Wildman–Crippen LogP) is 3.22. The Labute approximate surface area is 159 Å². The minimum absolute atomic E-state index is 0.0315. The zero-order valence-electron chi connectivity index (χ0n) is 15.5. The third kappa shape index (κ3) is 3.68. The minimum atomic E-state index is -1.13. The Bertz CT molecular complexity index is 746. The van der Waals surface area contributed by atoms with Gasteiger partial charge in [0.05, 0.1) is 0 Å². The van der Waals surface area contributed by atoms with Crippen LogP contribution < -0.4 is 5.32 Å². The van der Waals surface area contributed by atoms with E-state index in [2.05, 4.69) is 11.9 Å². The molecular weight excluding hydrogens is 352 g/mol. The van der Waals surface area contributed by atoms with E-state index in [4.69, 9.17) is 11.6 Å². The maximum absolute atomic E-state index is 13.2. The first-order valence-electron chi connectivity index (χ1n) is 8.70. The van der Waals surface area contributed by atoms with Crippen molar-refractivity contribution in [2.24, 2.45) is 0 Å². The summed E-state index contributed by atoms with van der Waals surface area (Å²) in [6, 6.07) is 6.24. The van der Waals surface area contributed by atoms with Crippen molar-refractivity contribution in [1.82, 2.24) is 10.2 Å². The van der Waals surface area contributed by atoms with Crippen LogP contribution in [-0.2, 0) is 19.9 Å². The fourth-order valence-corrected chi connectivity index (χ4v) is 3.90. The lowest BCUT2D eigenvalue weighted by atomic mass is 9.74. The van der Waals surface area contributed by atoms with Gasteiger partial charge >= 0.3 is 0 Å². The Hall–Kier alpha value is -2.14. The van der Waals surface area contributed by atoms with Gasteiger partial charge in [0.1, 0.15) is 11.6 Å². The molecule has 1 aliphatic carbocycles. The number of hydrogen-bond acceptors (Lipinski definition) is 3. The van der Waals surface area contributed by atoms with Gasteiger partial charge in [-0.15, -0.1) is 0 Å². The molecule has 1 aromatic rings. The second-order valence-corrected chi connectivity index (χ2v) is 7.25. The van der Waals surface area contributed by atoms with Crippen LogP contribution in [0.25, 0.3) is 0 Å². The van der Waals surface area contributed by atoms with E-state index >= 15 is 0 Å². The van der Waals surface area contributed by atoms with Gasteiger partial charge in [-0.1, -0.05) is 36.4 Å². The number of likely N-dealkylation sites (N-methyl/N-ethyl adjacent to an activating group) is 1. The van der Waals surface area contributed by atoms with Crippen LogP contribution in [0.5, 0.6) is 0 Å². The van der Waals surface area contributed by atoms with Gasteiger partial charge in [0.2, 0.25) is 11.8 Å². The van der Waals surface area contributed by atoms with E-state index in [1.165, 1.54) is 11.8 Å². The number of nitrogens with zero attached hydrogens (tertiary/aromatic N) is 1. The number of halogens is 1. The Morgan fingerprint density at radius 1 is 1.27 bits per heavy atom. The summed E-state index contributed by atoms with van der Waals surface area (Å²) in [4.78, 5) is 39.2. The molecule has 0 aliphatic heterocycles. The third-order valence-corrected chi connectivity index (χ3v) is 5.29. The van der Waals surface area contributed by atoms with Crippen LogP contribution in [0.2, 0.25) is 5.02 Å². The second-order valence-electron chi connectivity index (χ2n) is 6.85. The van der Waals surface area contributed by atoms with Crippen molar-refractivity contribution in [3.63, 3.8) is 0 Å². The number of hydrogen-bond donors (Lipinski definition) is 1. The maximum atomic E-state index is 13.2. The van der Waals surface area contributed by atoms with E-state index in [0.29, 0.717) is 29.0 Å². The van der Waals surface area contributed by atoms with Crippen molar-refractivity contribution in [1.29, 1.82) is 0 Å². The van der Waals surface area contributed by atoms with E-state index in [1.807, 2.05) is 6.07 Å². The van der Waals surface area contributed by atoms with Crippen LogP contribution in [0.3, 0.4) is 0 Å². The fourth-order valence-electron chi connectivity index (χ4n) is 3.61. The number of Topliss-reactive ketones (excluding diaryl/α,β-unsaturated/α-hetero) is 1. The zero-order valence-corrected chi connectivity index (χ0v) is 16.2. The largest absolute Gasteiger partial charge is 0.341 e. The Kier molecular flexibility index (Phi) is 6.24. The summed E-state index contributed by atoms with van der Waals surface area (Å²) in [5.74, 6) is -0.736. The van der Waals surface area contributed by atoms with Crippen molar-refractivity contribution < 1.29 is 14.4 Å².